The van der Waals surface area contributed by atoms with Crippen LogP contribution in [0.4, 0.5) is 18.9 Å². The average molecular weight is 351 g/mol. The maximum Gasteiger partial charge on any atom is 0.416 e. The van der Waals surface area contributed by atoms with Crippen molar-refractivity contribution in [1.29, 1.82) is 0 Å². The number of aromatic nitrogens is 1. The van der Waals surface area contributed by atoms with Gasteiger partial charge < -0.3 is 10.6 Å². The van der Waals surface area contributed by atoms with Gasteiger partial charge >= 0.3 is 6.18 Å². The van der Waals surface area contributed by atoms with Crippen molar-refractivity contribution in [2.75, 3.05) is 11.9 Å². The Labute approximate surface area is 142 Å². The monoisotopic (exact) mass is 351 g/mol. The minimum absolute atomic E-state index is 0.0101. The Morgan fingerprint density at radius 2 is 1.60 bits per heavy atom. The summed E-state index contributed by atoms with van der Waals surface area (Å²) in [6.45, 7) is 2.39. The average Bonchev–Trinajstić information content (AvgIpc) is 2.59. The molecule has 1 heterocycles. The summed E-state index contributed by atoms with van der Waals surface area (Å²) < 4.78 is 37.6. The van der Waals surface area contributed by atoms with E-state index >= 15 is 0 Å². The zero-order valence-electron chi connectivity index (χ0n) is 13.4. The van der Waals surface area contributed by atoms with Gasteiger partial charge in [0.1, 0.15) is 11.4 Å². The second kappa shape index (κ2) is 7.78. The largest absolute Gasteiger partial charge is 0.416 e. The number of carbonyl (C=O) groups excluding carboxylic acids is 2. The first-order chi connectivity index (χ1) is 11.8. The molecule has 0 spiro atoms. The number of hydrogen-bond donors (Lipinski definition) is 2. The first kappa shape index (κ1) is 18.4. The molecule has 0 radical (unpaired) electrons. The van der Waals surface area contributed by atoms with Crippen LogP contribution in [0, 0.1) is 0 Å². The molecule has 8 heteroatoms. The van der Waals surface area contributed by atoms with Crippen molar-refractivity contribution >= 4 is 17.5 Å². The van der Waals surface area contributed by atoms with E-state index in [1.807, 2.05) is 6.92 Å². The summed E-state index contributed by atoms with van der Waals surface area (Å²) in [5, 5.41) is 5.09. The Morgan fingerprint density at radius 1 is 1.00 bits per heavy atom. The molecule has 2 amide bonds. The molecule has 2 rings (SSSR count). The fourth-order valence-corrected chi connectivity index (χ4v) is 1.95. The normalized spacial score (nSPS) is 11.0. The molecule has 132 valence electrons. The topological polar surface area (TPSA) is 71.1 Å². The highest BCUT2D eigenvalue weighted by Crippen LogP contribution is 2.29. The molecule has 1 aromatic heterocycles. The van der Waals surface area contributed by atoms with Gasteiger partial charge in [-0.25, -0.2) is 4.98 Å². The van der Waals surface area contributed by atoms with Gasteiger partial charge in [-0.1, -0.05) is 13.0 Å². The lowest BCUT2D eigenvalue weighted by Gasteiger charge is -2.09. The molecule has 0 aliphatic carbocycles. The Morgan fingerprint density at radius 3 is 2.16 bits per heavy atom. The molecule has 0 saturated heterocycles. The fraction of sp³-hybridized carbons (Fsp3) is 0.235. The third kappa shape index (κ3) is 5.03. The highest BCUT2D eigenvalue weighted by molar-refractivity contribution is 6.03. The van der Waals surface area contributed by atoms with Crippen LogP contribution in [0.5, 0.6) is 0 Å². The van der Waals surface area contributed by atoms with Gasteiger partial charge in [-0.3, -0.25) is 9.59 Å². The molecule has 2 N–H and O–H groups in total. The molecule has 0 fully saturated rings. The van der Waals surface area contributed by atoms with Gasteiger partial charge in [-0.2, -0.15) is 13.2 Å². The number of amides is 2. The zero-order valence-corrected chi connectivity index (χ0v) is 13.4. The molecule has 0 aliphatic rings. The van der Waals surface area contributed by atoms with Crippen LogP contribution in [0.2, 0.25) is 0 Å². The van der Waals surface area contributed by atoms with Crippen molar-refractivity contribution in [3.05, 3.63) is 59.4 Å². The van der Waals surface area contributed by atoms with Crippen molar-refractivity contribution in [3.63, 3.8) is 0 Å². The molecule has 0 aliphatic heterocycles. The van der Waals surface area contributed by atoms with E-state index in [-0.39, 0.29) is 17.1 Å². The van der Waals surface area contributed by atoms with Crippen molar-refractivity contribution in [1.82, 2.24) is 10.3 Å². The smallest absolute Gasteiger partial charge is 0.351 e. The van der Waals surface area contributed by atoms with Crippen molar-refractivity contribution in [3.8, 4) is 0 Å². The van der Waals surface area contributed by atoms with Gasteiger partial charge in [0.15, 0.2) is 0 Å². The number of anilines is 1. The number of carbonyl (C=O) groups is 2. The molecule has 5 nitrogen and oxygen atoms in total. The molecule has 0 atom stereocenters. The lowest BCUT2D eigenvalue weighted by molar-refractivity contribution is -0.137. The summed E-state index contributed by atoms with van der Waals surface area (Å²) in [4.78, 5) is 28.0. The molecule has 25 heavy (non-hydrogen) atoms. The fourth-order valence-electron chi connectivity index (χ4n) is 1.95. The highest BCUT2D eigenvalue weighted by atomic mass is 19.4. The van der Waals surface area contributed by atoms with Crippen molar-refractivity contribution < 1.29 is 22.8 Å². The number of nitrogens with zero attached hydrogens (tertiary/aromatic N) is 1. The Bertz CT molecular complexity index is 758. The van der Waals surface area contributed by atoms with Crippen LogP contribution in [0.3, 0.4) is 0 Å². The van der Waals surface area contributed by atoms with Gasteiger partial charge in [0, 0.05) is 12.2 Å². The van der Waals surface area contributed by atoms with Crippen LogP contribution in [0.25, 0.3) is 0 Å². The van der Waals surface area contributed by atoms with E-state index < -0.39 is 23.6 Å². The number of halogens is 3. The molecule has 1 aromatic carbocycles. The summed E-state index contributed by atoms with van der Waals surface area (Å²) in [6.07, 6.45) is -3.68. The van der Waals surface area contributed by atoms with Gasteiger partial charge in [0.2, 0.25) is 0 Å². The third-order valence-corrected chi connectivity index (χ3v) is 3.22. The van der Waals surface area contributed by atoms with E-state index in [0.717, 1.165) is 30.7 Å². The van der Waals surface area contributed by atoms with Crippen LogP contribution in [-0.2, 0) is 6.18 Å². The van der Waals surface area contributed by atoms with Crippen LogP contribution in [-0.4, -0.2) is 23.3 Å². The second-order valence-corrected chi connectivity index (χ2v) is 5.19. The van der Waals surface area contributed by atoms with Crippen molar-refractivity contribution in [2.45, 2.75) is 19.5 Å². The van der Waals surface area contributed by atoms with E-state index in [1.165, 1.54) is 18.2 Å². The minimum atomic E-state index is -4.44. The predicted molar refractivity (Wildman–Crippen MR) is 86.3 cm³/mol. The lowest BCUT2D eigenvalue weighted by Crippen LogP contribution is -2.26. The van der Waals surface area contributed by atoms with Gasteiger partial charge in [-0.05, 0) is 42.8 Å². The van der Waals surface area contributed by atoms with E-state index in [1.54, 1.807) is 0 Å². The van der Waals surface area contributed by atoms with Gasteiger partial charge in [0.25, 0.3) is 11.8 Å². The maximum absolute atomic E-state index is 12.5. The highest BCUT2D eigenvalue weighted by Gasteiger charge is 2.30. The Balaban J connectivity index is 2.09. The second-order valence-electron chi connectivity index (χ2n) is 5.19. The third-order valence-electron chi connectivity index (χ3n) is 3.22. The summed E-state index contributed by atoms with van der Waals surface area (Å²) >= 11 is 0. The van der Waals surface area contributed by atoms with Crippen LogP contribution in [0.15, 0.2) is 42.5 Å². The quantitative estimate of drug-likeness (QED) is 0.866. The van der Waals surface area contributed by atoms with Crippen LogP contribution < -0.4 is 10.6 Å². The molecule has 0 saturated carbocycles. The number of rotatable bonds is 5. The van der Waals surface area contributed by atoms with Gasteiger partial charge in [-0.15, -0.1) is 0 Å². The summed E-state index contributed by atoms with van der Waals surface area (Å²) in [6, 6.07) is 8.44. The van der Waals surface area contributed by atoms with E-state index in [9.17, 15) is 22.8 Å². The van der Waals surface area contributed by atoms with Gasteiger partial charge in [0.05, 0.1) is 5.56 Å². The van der Waals surface area contributed by atoms with Crippen LogP contribution >= 0.6 is 0 Å². The predicted octanol–water partition coefficient (Wildman–Crippen LogP) is 3.49. The maximum atomic E-state index is 12.5. The SMILES string of the molecule is CCCNC(=O)c1cccc(C(=O)Nc2ccc(C(F)(F)F)cc2)n1. The Kier molecular flexibility index (Phi) is 5.74. The van der Waals surface area contributed by atoms with E-state index in [0.29, 0.717) is 6.54 Å². The molecular formula is C17H16F3N3O2. The zero-order chi connectivity index (χ0) is 18.4. The summed E-state index contributed by atoms with van der Waals surface area (Å²) in [5.74, 6) is -1.02. The summed E-state index contributed by atoms with van der Waals surface area (Å²) in [5.41, 5.74) is -0.531. The first-order valence-corrected chi connectivity index (χ1v) is 7.55. The standard InChI is InChI=1S/C17H16F3N3O2/c1-2-10-21-15(24)13-4-3-5-14(23-13)16(25)22-12-8-6-11(7-9-12)17(18,19)20/h3-9H,2,10H2,1H3,(H,21,24)(H,22,25). The molecule has 2 aromatic rings. The summed E-state index contributed by atoms with van der Waals surface area (Å²) in [7, 11) is 0. The molecular weight excluding hydrogens is 335 g/mol. The molecule has 0 bridgehead atoms. The number of hydrogen-bond acceptors (Lipinski definition) is 3. The van der Waals surface area contributed by atoms with Crippen LogP contribution in [0.1, 0.15) is 39.9 Å². The number of pyridine rings is 1. The number of benzene rings is 1. The lowest BCUT2D eigenvalue weighted by atomic mass is 10.2. The van der Waals surface area contributed by atoms with Crippen molar-refractivity contribution in [2.24, 2.45) is 0 Å². The van der Waals surface area contributed by atoms with E-state index in [4.69, 9.17) is 0 Å². The number of alkyl halides is 3. The number of nitrogens with one attached hydrogen (secondary N) is 2. The molecule has 0 unspecified atom stereocenters. The Hall–Kier alpha value is -2.90. The first-order valence-electron chi connectivity index (χ1n) is 7.55. The van der Waals surface area contributed by atoms with E-state index in [2.05, 4.69) is 15.6 Å². The minimum Gasteiger partial charge on any atom is -0.351 e.